The van der Waals surface area contributed by atoms with E-state index in [4.69, 9.17) is 5.73 Å². The number of phenolic OH excluding ortho intramolecular Hbond substituents is 1. The van der Waals surface area contributed by atoms with Crippen LogP contribution in [0.3, 0.4) is 0 Å². The van der Waals surface area contributed by atoms with E-state index in [0.29, 0.717) is 0 Å². The number of phenols is 1. The fourth-order valence-corrected chi connectivity index (χ4v) is 3.30. The van der Waals surface area contributed by atoms with Crippen LogP contribution >= 0.6 is 27.7 Å². The highest BCUT2D eigenvalue weighted by Crippen LogP contribution is 2.34. The summed E-state index contributed by atoms with van der Waals surface area (Å²) in [6.45, 7) is 0.747. The normalized spacial score (nSPS) is 10.5. The molecule has 0 aliphatic carbocycles. The molecule has 0 aromatic heterocycles. The van der Waals surface area contributed by atoms with Crippen molar-refractivity contribution in [3.8, 4) is 5.75 Å². The zero-order valence-electron chi connectivity index (χ0n) is 12.9. The largest absolute Gasteiger partial charge is 0.508 e. The Morgan fingerprint density at radius 2 is 1.67 bits per heavy atom. The number of nitrogens with one attached hydrogen (secondary N) is 1. The minimum atomic E-state index is 0.264. The number of nitrogen functional groups attached to an aromatic ring is 1. The Labute approximate surface area is 154 Å². The van der Waals surface area contributed by atoms with Gasteiger partial charge in [0.05, 0.1) is 0 Å². The summed E-state index contributed by atoms with van der Waals surface area (Å²) in [5, 5.41) is 12.7. The van der Waals surface area contributed by atoms with Crippen molar-refractivity contribution in [3.05, 3.63) is 76.8 Å². The predicted molar refractivity (Wildman–Crippen MR) is 105 cm³/mol. The van der Waals surface area contributed by atoms with E-state index in [2.05, 4.69) is 33.4 Å². The standard InChI is InChI=1S/C19H17BrN2OS/c20-14-3-1-13(2-4-14)12-22-15-5-10-19(18(21)11-15)24-17-8-6-16(23)7-9-17/h1-11,22-23H,12,21H2. The topological polar surface area (TPSA) is 58.3 Å². The molecule has 0 aliphatic rings. The van der Waals surface area contributed by atoms with Crippen molar-refractivity contribution in [1.29, 1.82) is 0 Å². The fourth-order valence-electron chi connectivity index (χ4n) is 2.20. The first-order valence-electron chi connectivity index (χ1n) is 7.45. The Morgan fingerprint density at radius 1 is 0.958 bits per heavy atom. The molecule has 0 fully saturated rings. The number of anilines is 2. The van der Waals surface area contributed by atoms with Gasteiger partial charge in [-0.25, -0.2) is 0 Å². The van der Waals surface area contributed by atoms with Crippen molar-refractivity contribution in [2.75, 3.05) is 11.1 Å². The maximum atomic E-state index is 9.34. The lowest BCUT2D eigenvalue weighted by Crippen LogP contribution is -2.00. The molecule has 0 aliphatic heterocycles. The van der Waals surface area contributed by atoms with Crippen LogP contribution in [-0.4, -0.2) is 5.11 Å². The van der Waals surface area contributed by atoms with Crippen LogP contribution in [0.4, 0.5) is 11.4 Å². The van der Waals surface area contributed by atoms with Gasteiger partial charge in [-0.05, 0) is 60.2 Å². The highest BCUT2D eigenvalue weighted by atomic mass is 79.9. The maximum absolute atomic E-state index is 9.34. The first-order valence-corrected chi connectivity index (χ1v) is 9.06. The van der Waals surface area contributed by atoms with Crippen molar-refractivity contribution < 1.29 is 5.11 Å². The van der Waals surface area contributed by atoms with E-state index in [1.807, 2.05) is 42.5 Å². The van der Waals surface area contributed by atoms with Gasteiger partial charge >= 0.3 is 0 Å². The van der Waals surface area contributed by atoms with Crippen LogP contribution in [0.2, 0.25) is 0 Å². The number of hydrogen-bond donors (Lipinski definition) is 3. The molecule has 0 saturated carbocycles. The van der Waals surface area contributed by atoms with Gasteiger partial charge in [-0.1, -0.05) is 39.8 Å². The van der Waals surface area contributed by atoms with Crippen LogP contribution in [0, 0.1) is 0 Å². The lowest BCUT2D eigenvalue weighted by Gasteiger charge is -2.10. The molecule has 5 heteroatoms. The lowest BCUT2D eigenvalue weighted by molar-refractivity contribution is 0.475. The van der Waals surface area contributed by atoms with Gasteiger partial charge in [0.2, 0.25) is 0 Å². The van der Waals surface area contributed by atoms with E-state index in [1.165, 1.54) is 5.56 Å². The summed E-state index contributed by atoms with van der Waals surface area (Å²) in [7, 11) is 0. The third kappa shape index (κ3) is 4.46. The number of rotatable bonds is 5. The smallest absolute Gasteiger partial charge is 0.115 e. The molecule has 3 aromatic carbocycles. The number of aromatic hydroxyl groups is 1. The van der Waals surface area contributed by atoms with E-state index in [9.17, 15) is 5.11 Å². The summed E-state index contributed by atoms with van der Waals surface area (Å²) in [5.41, 5.74) is 9.10. The molecule has 3 rings (SSSR count). The molecule has 3 aromatic rings. The van der Waals surface area contributed by atoms with Gasteiger partial charge < -0.3 is 16.2 Å². The van der Waals surface area contributed by atoms with E-state index in [-0.39, 0.29) is 5.75 Å². The summed E-state index contributed by atoms with van der Waals surface area (Å²) in [6, 6.07) is 21.3. The average molecular weight is 401 g/mol. The third-order valence-electron chi connectivity index (χ3n) is 3.48. The predicted octanol–water partition coefficient (Wildman–Crippen LogP) is 5.50. The number of hydrogen-bond acceptors (Lipinski definition) is 4. The average Bonchev–Trinajstić information content (AvgIpc) is 2.58. The van der Waals surface area contributed by atoms with Gasteiger partial charge in [0.15, 0.2) is 0 Å². The molecule has 0 saturated heterocycles. The molecule has 4 N–H and O–H groups in total. The zero-order valence-corrected chi connectivity index (χ0v) is 15.3. The number of nitrogens with two attached hydrogens (primary N) is 1. The molecule has 0 unspecified atom stereocenters. The molecule has 0 amide bonds. The van der Waals surface area contributed by atoms with E-state index in [0.717, 1.165) is 32.2 Å². The van der Waals surface area contributed by atoms with E-state index < -0.39 is 0 Å². The van der Waals surface area contributed by atoms with Crippen molar-refractivity contribution >= 4 is 39.1 Å². The molecule has 0 atom stereocenters. The van der Waals surface area contributed by atoms with Gasteiger partial charge in [-0.15, -0.1) is 0 Å². The second-order valence-electron chi connectivity index (χ2n) is 5.33. The van der Waals surface area contributed by atoms with Gasteiger partial charge in [0, 0.05) is 32.2 Å². The summed E-state index contributed by atoms with van der Waals surface area (Å²) in [4.78, 5) is 2.03. The molecule has 3 nitrogen and oxygen atoms in total. The van der Waals surface area contributed by atoms with Crippen LogP contribution in [-0.2, 0) is 6.54 Å². The number of benzene rings is 3. The van der Waals surface area contributed by atoms with Gasteiger partial charge in [0.1, 0.15) is 5.75 Å². The van der Waals surface area contributed by atoms with Crippen LogP contribution in [0.1, 0.15) is 5.56 Å². The van der Waals surface area contributed by atoms with Crippen molar-refractivity contribution in [2.45, 2.75) is 16.3 Å². The van der Waals surface area contributed by atoms with Crippen LogP contribution < -0.4 is 11.1 Å². The highest BCUT2D eigenvalue weighted by molar-refractivity contribution is 9.10. The zero-order chi connectivity index (χ0) is 16.9. The molecular formula is C19H17BrN2OS. The first kappa shape index (κ1) is 16.7. The third-order valence-corrected chi connectivity index (χ3v) is 5.11. The highest BCUT2D eigenvalue weighted by Gasteiger charge is 2.04. The maximum Gasteiger partial charge on any atom is 0.115 e. The second-order valence-corrected chi connectivity index (χ2v) is 7.36. The Bertz CT molecular complexity index is 820. The minimum Gasteiger partial charge on any atom is -0.508 e. The lowest BCUT2D eigenvalue weighted by atomic mass is 10.2. The second kappa shape index (κ2) is 7.64. The molecule has 122 valence electrons. The Hall–Kier alpha value is -2.11. The summed E-state index contributed by atoms with van der Waals surface area (Å²) >= 11 is 5.02. The van der Waals surface area contributed by atoms with Crippen molar-refractivity contribution in [1.82, 2.24) is 0 Å². The molecule has 0 radical (unpaired) electrons. The monoisotopic (exact) mass is 400 g/mol. The van der Waals surface area contributed by atoms with Crippen LogP contribution in [0.5, 0.6) is 5.75 Å². The molecule has 0 heterocycles. The van der Waals surface area contributed by atoms with Crippen LogP contribution in [0.15, 0.2) is 81.0 Å². The summed E-state index contributed by atoms with van der Waals surface area (Å²) in [5.74, 6) is 0.264. The van der Waals surface area contributed by atoms with E-state index >= 15 is 0 Å². The Morgan fingerprint density at radius 3 is 2.33 bits per heavy atom. The Kier molecular flexibility index (Phi) is 5.33. The minimum absolute atomic E-state index is 0.264. The molecule has 0 bridgehead atoms. The van der Waals surface area contributed by atoms with Crippen molar-refractivity contribution in [3.63, 3.8) is 0 Å². The number of halogens is 1. The summed E-state index contributed by atoms with van der Waals surface area (Å²) < 4.78 is 1.08. The first-order chi connectivity index (χ1) is 11.6. The van der Waals surface area contributed by atoms with E-state index in [1.54, 1.807) is 23.9 Å². The summed E-state index contributed by atoms with van der Waals surface area (Å²) in [6.07, 6.45) is 0. The quantitative estimate of drug-likeness (QED) is 0.494. The van der Waals surface area contributed by atoms with Gasteiger partial charge in [-0.3, -0.25) is 0 Å². The van der Waals surface area contributed by atoms with Crippen molar-refractivity contribution in [2.24, 2.45) is 0 Å². The Balaban J connectivity index is 1.65. The molecular weight excluding hydrogens is 384 g/mol. The fraction of sp³-hybridized carbons (Fsp3) is 0.0526. The molecule has 0 spiro atoms. The van der Waals surface area contributed by atoms with Crippen LogP contribution in [0.25, 0.3) is 0 Å². The molecule has 24 heavy (non-hydrogen) atoms. The van der Waals surface area contributed by atoms with Gasteiger partial charge in [0.25, 0.3) is 0 Å². The SMILES string of the molecule is Nc1cc(NCc2ccc(Br)cc2)ccc1Sc1ccc(O)cc1. The van der Waals surface area contributed by atoms with Gasteiger partial charge in [-0.2, -0.15) is 0 Å².